The number of methoxy groups -OCH3 is 1. The number of ether oxygens (including phenoxy) is 1. The van der Waals surface area contributed by atoms with E-state index in [2.05, 4.69) is 26.2 Å². The molecule has 1 aromatic carbocycles. The number of hydrogen-bond donors (Lipinski definition) is 1. The van der Waals surface area contributed by atoms with E-state index in [1.54, 1.807) is 25.6 Å². The zero-order valence-corrected chi connectivity index (χ0v) is 12.7. The average molecular weight is 335 g/mol. The second kappa shape index (κ2) is 7.05. The van der Waals surface area contributed by atoms with E-state index in [9.17, 15) is 4.79 Å². The molecular weight excluding hydrogens is 320 g/mol. The minimum atomic E-state index is -0.118. The first-order valence-corrected chi connectivity index (χ1v) is 7.00. The van der Waals surface area contributed by atoms with Gasteiger partial charge in [0.15, 0.2) is 0 Å². The molecule has 0 bridgehead atoms. The van der Waals surface area contributed by atoms with E-state index in [4.69, 9.17) is 4.74 Å². The van der Waals surface area contributed by atoms with Gasteiger partial charge in [-0.15, -0.1) is 0 Å². The van der Waals surface area contributed by atoms with Crippen molar-refractivity contribution in [2.45, 2.75) is 6.42 Å². The number of hydrogen-bond acceptors (Lipinski definition) is 3. The van der Waals surface area contributed by atoms with E-state index in [1.807, 2.05) is 24.3 Å². The van der Waals surface area contributed by atoms with Crippen LogP contribution in [0.25, 0.3) is 0 Å². The molecule has 0 fully saturated rings. The van der Waals surface area contributed by atoms with Crippen LogP contribution in [0.5, 0.6) is 5.75 Å². The molecule has 0 aliphatic rings. The third-order valence-corrected chi connectivity index (χ3v) is 3.26. The van der Waals surface area contributed by atoms with Gasteiger partial charge < -0.3 is 10.1 Å². The first-order valence-electron chi connectivity index (χ1n) is 6.21. The van der Waals surface area contributed by atoms with Crippen LogP contribution in [-0.2, 0) is 6.42 Å². The van der Waals surface area contributed by atoms with Crippen LogP contribution in [-0.4, -0.2) is 24.5 Å². The topological polar surface area (TPSA) is 51.2 Å². The van der Waals surface area contributed by atoms with Gasteiger partial charge in [0.05, 0.1) is 12.7 Å². The highest BCUT2D eigenvalue weighted by Gasteiger charge is 2.05. The second-order valence-electron chi connectivity index (χ2n) is 4.25. The van der Waals surface area contributed by atoms with Gasteiger partial charge in [-0.05, 0) is 46.1 Å². The Bertz CT molecular complexity index is 585. The summed E-state index contributed by atoms with van der Waals surface area (Å²) in [5.41, 5.74) is 1.70. The van der Waals surface area contributed by atoms with Gasteiger partial charge in [0.25, 0.3) is 5.91 Å². The molecule has 2 aromatic rings. The smallest absolute Gasteiger partial charge is 0.252 e. The summed E-state index contributed by atoms with van der Waals surface area (Å²) < 4.78 is 5.89. The Hall–Kier alpha value is -1.88. The monoisotopic (exact) mass is 334 g/mol. The predicted molar refractivity (Wildman–Crippen MR) is 81.0 cm³/mol. The Labute approximate surface area is 126 Å². The lowest BCUT2D eigenvalue weighted by molar-refractivity contribution is 0.0953. The molecule has 1 heterocycles. The normalized spacial score (nSPS) is 10.1. The molecule has 1 N–H and O–H groups in total. The summed E-state index contributed by atoms with van der Waals surface area (Å²) in [6.07, 6.45) is 3.97. The Morgan fingerprint density at radius 3 is 2.70 bits per heavy atom. The average Bonchev–Trinajstić information content (AvgIpc) is 2.48. The summed E-state index contributed by atoms with van der Waals surface area (Å²) >= 11 is 3.29. The molecule has 1 amide bonds. The number of aromatic nitrogens is 1. The van der Waals surface area contributed by atoms with Crippen molar-refractivity contribution in [2.75, 3.05) is 13.7 Å². The number of pyridine rings is 1. The molecule has 0 unspecified atom stereocenters. The van der Waals surface area contributed by atoms with Gasteiger partial charge in [-0.2, -0.15) is 0 Å². The fraction of sp³-hybridized carbons (Fsp3) is 0.200. The first-order chi connectivity index (χ1) is 9.69. The van der Waals surface area contributed by atoms with E-state index in [0.717, 1.165) is 22.2 Å². The highest BCUT2D eigenvalue weighted by Crippen LogP contribution is 2.12. The van der Waals surface area contributed by atoms with Crippen LogP contribution >= 0.6 is 15.9 Å². The van der Waals surface area contributed by atoms with Gasteiger partial charge >= 0.3 is 0 Å². The third-order valence-electron chi connectivity index (χ3n) is 2.83. The highest BCUT2D eigenvalue weighted by atomic mass is 79.9. The number of carbonyl (C=O) groups excluding carboxylic acids is 1. The van der Waals surface area contributed by atoms with E-state index in [-0.39, 0.29) is 5.91 Å². The third kappa shape index (κ3) is 4.06. The number of halogens is 1. The van der Waals surface area contributed by atoms with Crippen LogP contribution in [0.3, 0.4) is 0 Å². The van der Waals surface area contributed by atoms with Crippen LogP contribution in [0.15, 0.2) is 47.2 Å². The Morgan fingerprint density at radius 2 is 2.05 bits per heavy atom. The molecule has 4 nitrogen and oxygen atoms in total. The molecular formula is C15H15BrN2O2. The Balaban J connectivity index is 1.84. The fourth-order valence-electron chi connectivity index (χ4n) is 1.75. The van der Waals surface area contributed by atoms with Gasteiger partial charge in [0.1, 0.15) is 5.75 Å². The summed E-state index contributed by atoms with van der Waals surface area (Å²) in [6.45, 7) is 0.581. The van der Waals surface area contributed by atoms with Gasteiger partial charge in [0.2, 0.25) is 0 Å². The van der Waals surface area contributed by atoms with Crippen molar-refractivity contribution in [3.63, 3.8) is 0 Å². The zero-order valence-electron chi connectivity index (χ0n) is 11.1. The SMILES string of the molecule is COc1ccc(CCNC(=O)c2cncc(Br)c2)cc1. The molecule has 0 aliphatic heterocycles. The molecule has 5 heteroatoms. The minimum absolute atomic E-state index is 0.118. The number of carbonyl (C=O) groups is 1. The number of nitrogens with one attached hydrogen (secondary N) is 1. The maximum absolute atomic E-state index is 11.9. The standard InChI is InChI=1S/C15H15BrN2O2/c1-20-14-4-2-11(3-5-14)6-7-18-15(19)12-8-13(16)10-17-9-12/h2-5,8-10H,6-7H2,1H3,(H,18,19). The van der Waals surface area contributed by atoms with Gasteiger partial charge in [-0.1, -0.05) is 12.1 Å². The molecule has 2 rings (SSSR count). The molecule has 0 spiro atoms. The number of nitrogens with zero attached hydrogens (tertiary/aromatic N) is 1. The quantitative estimate of drug-likeness (QED) is 0.914. The van der Waals surface area contributed by atoms with Crippen LogP contribution in [0.1, 0.15) is 15.9 Å². The van der Waals surface area contributed by atoms with Crippen molar-refractivity contribution in [3.05, 3.63) is 58.3 Å². The van der Waals surface area contributed by atoms with Crippen molar-refractivity contribution in [1.29, 1.82) is 0 Å². The van der Waals surface area contributed by atoms with Gasteiger partial charge in [-0.3, -0.25) is 9.78 Å². The fourth-order valence-corrected chi connectivity index (χ4v) is 2.12. The van der Waals surface area contributed by atoms with Crippen molar-refractivity contribution < 1.29 is 9.53 Å². The number of rotatable bonds is 5. The van der Waals surface area contributed by atoms with Crippen LogP contribution in [0.2, 0.25) is 0 Å². The summed E-state index contributed by atoms with van der Waals surface area (Å²) in [5.74, 6) is 0.713. The molecule has 1 aromatic heterocycles. The highest BCUT2D eigenvalue weighted by molar-refractivity contribution is 9.10. The van der Waals surface area contributed by atoms with Crippen molar-refractivity contribution in [2.24, 2.45) is 0 Å². The molecule has 20 heavy (non-hydrogen) atoms. The summed E-state index contributed by atoms with van der Waals surface area (Å²) in [7, 11) is 1.64. The van der Waals surface area contributed by atoms with E-state index in [1.165, 1.54) is 0 Å². The Morgan fingerprint density at radius 1 is 1.30 bits per heavy atom. The minimum Gasteiger partial charge on any atom is -0.497 e. The first kappa shape index (κ1) is 14.5. The molecule has 0 aliphatic carbocycles. The number of amides is 1. The van der Waals surface area contributed by atoms with Gasteiger partial charge in [-0.25, -0.2) is 0 Å². The van der Waals surface area contributed by atoms with Crippen LogP contribution in [0, 0.1) is 0 Å². The van der Waals surface area contributed by atoms with Crippen LogP contribution < -0.4 is 10.1 Å². The molecule has 0 atom stereocenters. The predicted octanol–water partition coefficient (Wildman–Crippen LogP) is 2.83. The van der Waals surface area contributed by atoms with Crippen molar-refractivity contribution >= 4 is 21.8 Å². The summed E-state index contributed by atoms with van der Waals surface area (Å²) in [5, 5.41) is 2.87. The van der Waals surface area contributed by atoms with Gasteiger partial charge in [0, 0.05) is 23.4 Å². The van der Waals surface area contributed by atoms with Crippen LogP contribution in [0.4, 0.5) is 0 Å². The molecule has 0 saturated carbocycles. The second-order valence-corrected chi connectivity index (χ2v) is 5.16. The van der Waals surface area contributed by atoms with E-state index >= 15 is 0 Å². The lowest BCUT2D eigenvalue weighted by Gasteiger charge is -2.06. The molecule has 104 valence electrons. The maximum Gasteiger partial charge on any atom is 0.252 e. The zero-order chi connectivity index (χ0) is 14.4. The summed E-state index contributed by atoms with van der Waals surface area (Å²) in [6, 6.07) is 9.55. The van der Waals surface area contributed by atoms with Crippen molar-refractivity contribution in [3.8, 4) is 5.75 Å². The lowest BCUT2D eigenvalue weighted by atomic mass is 10.1. The number of benzene rings is 1. The molecule has 0 radical (unpaired) electrons. The largest absolute Gasteiger partial charge is 0.497 e. The summed E-state index contributed by atoms with van der Waals surface area (Å²) in [4.78, 5) is 15.9. The molecule has 0 saturated heterocycles. The van der Waals surface area contributed by atoms with E-state index < -0.39 is 0 Å². The van der Waals surface area contributed by atoms with Crippen molar-refractivity contribution in [1.82, 2.24) is 10.3 Å². The Kier molecular flexibility index (Phi) is 5.12. The lowest BCUT2D eigenvalue weighted by Crippen LogP contribution is -2.25. The maximum atomic E-state index is 11.9. The van der Waals surface area contributed by atoms with E-state index in [0.29, 0.717) is 12.1 Å².